The van der Waals surface area contributed by atoms with Crippen LogP contribution in [0.15, 0.2) is 34.9 Å². The average Bonchev–Trinajstić information content (AvgIpc) is 3.07. The maximum Gasteiger partial charge on any atom is 0.254 e. The van der Waals surface area contributed by atoms with Crippen molar-refractivity contribution in [1.29, 1.82) is 0 Å². The molecule has 1 fully saturated rings. The molecule has 0 spiro atoms. The highest BCUT2D eigenvalue weighted by Gasteiger charge is 2.26. The van der Waals surface area contributed by atoms with E-state index in [0.717, 1.165) is 17.9 Å². The van der Waals surface area contributed by atoms with Gasteiger partial charge in [0, 0.05) is 30.8 Å². The van der Waals surface area contributed by atoms with Gasteiger partial charge in [0.15, 0.2) is 0 Å². The van der Waals surface area contributed by atoms with Gasteiger partial charge in [-0.25, -0.2) is 4.98 Å². The van der Waals surface area contributed by atoms with E-state index in [0.29, 0.717) is 31.1 Å². The molecule has 1 saturated heterocycles. The standard InChI is InChI=1S/C19H25N3O3/c1-4-17-9-21-18(25-17)10-20-16-7-5-15(6-8-16)19(23)22-11-13(2)24-14(3)12-22/h5-9,13-14,20H,4,10-12H2,1-3H3. The Labute approximate surface area is 148 Å². The van der Waals surface area contributed by atoms with Gasteiger partial charge in [-0.15, -0.1) is 0 Å². The highest BCUT2D eigenvalue weighted by Crippen LogP contribution is 2.17. The van der Waals surface area contributed by atoms with Crippen LogP contribution in [0.5, 0.6) is 0 Å². The average molecular weight is 343 g/mol. The van der Waals surface area contributed by atoms with Gasteiger partial charge in [-0.05, 0) is 38.1 Å². The molecule has 25 heavy (non-hydrogen) atoms. The number of nitrogens with zero attached hydrogens (tertiary/aromatic N) is 2. The van der Waals surface area contributed by atoms with Crippen LogP contribution in [-0.4, -0.2) is 41.1 Å². The van der Waals surface area contributed by atoms with Gasteiger partial charge in [-0.1, -0.05) is 6.92 Å². The fraction of sp³-hybridized carbons (Fsp3) is 0.474. The van der Waals surface area contributed by atoms with Crippen LogP contribution in [0, 0.1) is 0 Å². The zero-order chi connectivity index (χ0) is 17.8. The normalized spacial score (nSPS) is 20.5. The summed E-state index contributed by atoms with van der Waals surface area (Å²) in [6.07, 6.45) is 2.73. The Hall–Kier alpha value is -2.34. The molecule has 0 aliphatic carbocycles. The van der Waals surface area contributed by atoms with Crippen molar-refractivity contribution in [1.82, 2.24) is 9.88 Å². The predicted molar refractivity (Wildman–Crippen MR) is 95.6 cm³/mol. The highest BCUT2D eigenvalue weighted by atomic mass is 16.5. The van der Waals surface area contributed by atoms with E-state index < -0.39 is 0 Å². The minimum atomic E-state index is 0.0499. The van der Waals surface area contributed by atoms with Gasteiger partial charge >= 0.3 is 0 Å². The summed E-state index contributed by atoms with van der Waals surface area (Å²) in [6, 6.07) is 7.51. The number of aromatic nitrogens is 1. The van der Waals surface area contributed by atoms with Crippen LogP contribution in [0.25, 0.3) is 0 Å². The van der Waals surface area contributed by atoms with Gasteiger partial charge in [0.2, 0.25) is 5.89 Å². The van der Waals surface area contributed by atoms with Gasteiger partial charge < -0.3 is 19.4 Å². The summed E-state index contributed by atoms with van der Waals surface area (Å²) in [6.45, 7) is 7.81. The topological polar surface area (TPSA) is 67.6 Å². The quantitative estimate of drug-likeness (QED) is 0.903. The van der Waals surface area contributed by atoms with Crippen LogP contribution in [0.3, 0.4) is 0 Å². The number of ether oxygens (including phenoxy) is 1. The van der Waals surface area contributed by atoms with E-state index in [4.69, 9.17) is 9.15 Å². The molecular weight excluding hydrogens is 318 g/mol. The van der Waals surface area contributed by atoms with Crippen molar-refractivity contribution in [3.8, 4) is 0 Å². The third kappa shape index (κ3) is 4.39. The van der Waals surface area contributed by atoms with Crippen molar-refractivity contribution in [2.75, 3.05) is 18.4 Å². The summed E-state index contributed by atoms with van der Waals surface area (Å²) in [7, 11) is 0. The molecule has 6 nitrogen and oxygen atoms in total. The molecule has 1 aromatic heterocycles. The van der Waals surface area contributed by atoms with Crippen molar-refractivity contribution in [3.05, 3.63) is 47.7 Å². The zero-order valence-electron chi connectivity index (χ0n) is 15.0. The summed E-state index contributed by atoms with van der Waals surface area (Å²) in [5.41, 5.74) is 1.62. The van der Waals surface area contributed by atoms with Crippen molar-refractivity contribution >= 4 is 11.6 Å². The van der Waals surface area contributed by atoms with E-state index in [2.05, 4.69) is 10.3 Å². The number of oxazole rings is 1. The molecule has 0 bridgehead atoms. The Morgan fingerprint density at radius 1 is 1.24 bits per heavy atom. The van der Waals surface area contributed by atoms with E-state index in [1.54, 1.807) is 6.20 Å². The molecule has 1 amide bonds. The summed E-state index contributed by atoms with van der Waals surface area (Å²) in [5.74, 6) is 1.59. The molecular formula is C19H25N3O3. The molecule has 1 aromatic carbocycles. The van der Waals surface area contributed by atoms with Gasteiger partial charge in [0.1, 0.15) is 5.76 Å². The summed E-state index contributed by atoms with van der Waals surface area (Å²) >= 11 is 0. The first-order valence-corrected chi connectivity index (χ1v) is 8.77. The van der Waals surface area contributed by atoms with Gasteiger partial charge in [0.05, 0.1) is 24.9 Å². The SMILES string of the molecule is CCc1cnc(CNc2ccc(C(=O)N3CC(C)OC(C)C3)cc2)o1. The Bertz CT molecular complexity index is 701. The van der Waals surface area contributed by atoms with Crippen LogP contribution in [-0.2, 0) is 17.7 Å². The number of anilines is 1. The van der Waals surface area contributed by atoms with Gasteiger partial charge in [-0.3, -0.25) is 4.79 Å². The second kappa shape index (κ2) is 7.70. The smallest absolute Gasteiger partial charge is 0.254 e. The van der Waals surface area contributed by atoms with Crippen LogP contribution in [0.1, 0.15) is 42.8 Å². The van der Waals surface area contributed by atoms with Crippen molar-refractivity contribution < 1.29 is 13.9 Å². The third-order valence-electron chi connectivity index (χ3n) is 4.23. The number of benzene rings is 1. The van der Waals surface area contributed by atoms with E-state index in [9.17, 15) is 4.79 Å². The number of rotatable bonds is 5. The van der Waals surface area contributed by atoms with Crippen LogP contribution in [0.2, 0.25) is 0 Å². The lowest BCUT2D eigenvalue weighted by Gasteiger charge is -2.35. The number of hydrogen-bond donors (Lipinski definition) is 1. The van der Waals surface area contributed by atoms with Gasteiger partial charge in [0.25, 0.3) is 5.91 Å². The van der Waals surface area contributed by atoms with Crippen molar-refractivity contribution in [3.63, 3.8) is 0 Å². The molecule has 6 heteroatoms. The zero-order valence-corrected chi connectivity index (χ0v) is 15.0. The highest BCUT2D eigenvalue weighted by molar-refractivity contribution is 5.94. The molecule has 1 N–H and O–H groups in total. The number of amides is 1. The lowest BCUT2D eigenvalue weighted by Crippen LogP contribution is -2.48. The van der Waals surface area contributed by atoms with E-state index in [1.165, 1.54) is 0 Å². The fourth-order valence-electron chi connectivity index (χ4n) is 3.03. The number of carbonyl (C=O) groups is 1. The third-order valence-corrected chi connectivity index (χ3v) is 4.23. The maximum absolute atomic E-state index is 12.6. The first-order valence-electron chi connectivity index (χ1n) is 8.77. The summed E-state index contributed by atoms with van der Waals surface area (Å²) < 4.78 is 11.3. The molecule has 2 unspecified atom stereocenters. The summed E-state index contributed by atoms with van der Waals surface area (Å²) in [5, 5.41) is 3.26. The number of nitrogens with one attached hydrogen (secondary N) is 1. The number of hydrogen-bond acceptors (Lipinski definition) is 5. The van der Waals surface area contributed by atoms with Crippen LogP contribution < -0.4 is 5.32 Å². The molecule has 2 heterocycles. The molecule has 3 rings (SSSR count). The molecule has 134 valence electrons. The van der Waals surface area contributed by atoms with E-state index in [-0.39, 0.29) is 18.1 Å². The number of morpholine rings is 1. The molecule has 2 aromatic rings. The Morgan fingerprint density at radius 2 is 1.92 bits per heavy atom. The summed E-state index contributed by atoms with van der Waals surface area (Å²) in [4.78, 5) is 18.7. The van der Waals surface area contributed by atoms with Crippen LogP contribution >= 0.6 is 0 Å². The number of carbonyl (C=O) groups excluding carboxylic acids is 1. The molecule has 1 aliphatic heterocycles. The van der Waals surface area contributed by atoms with Crippen LogP contribution in [0.4, 0.5) is 5.69 Å². The maximum atomic E-state index is 12.6. The van der Waals surface area contributed by atoms with Crippen molar-refractivity contribution in [2.24, 2.45) is 0 Å². The van der Waals surface area contributed by atoms with E-state index >= 15 is 0 Å². The second-order valence-electron chi connectivity index (χ2n) is 6.47. The lowest BCUT2D eigenvalue weighted by molar-refractivity contribution is -0.0586. The largest absolute Gasteiger partial charge is 0.444 e. The first-order chi connectivity index (χ1) is 12.0. The minimum Gasteiger partial charge on any atom is -0.444 e. The molecule has 1 aliphatic rings. The monoisotopic (exact) mass is 343 g/mol. The minimum absolute atomic E-state index is 0.0499. The predicted octanol–water partition coefficient (Wildman–Crippen LogP) is 3.10. The molecule has 2 atom stereocenters. The Balaban J connectivity index is 1.58. The number of aryl methyl sites for hydroxylation is 1. The Morgan fingerprint density at radius 3 is 2.52 bits per heavy atom. The van der Waals surface area contributed by atoms with Crippen molar-refractivity contribution in [2.45, 2.75) is 45.9 Å². The Kier molecular flexibility index (Phi) is 5.38. The fourth-order valence-corrected chi connectivity index (χ4v) is 3.03. The van der Waals surface area contributed by atoms with E-state index in [1.807, 2.05) is 49.9 Å². The second-order valence-corrected chi connectivity index (χ2v) is 6.47. The molecule has 0 radical (unpaired) electrons. The lowest BCUT2D eigenvalue weighted by atomic mass is 10.1. The van der Waals surface area contributed by atoms with Gasteiger partial charge in [-0.2, -0.15) is 0 Å². The molecule has 0 saturated carbocycles. The first kappa shape index (κ1) is 17.5.